The second kappa shape index (κ2) is 8.85. The highest BCUT2D eigenvalue weighted by atomic mass is 35.5. The van der Waals surface area contributed by atoms with Gasteiger partial charge in [0.05, 0.1) is 22.6 Å². The first-order valence-corrected chi connectivity index (χ1v) is 8.49. The summed E-state index contributed by atoms with van der Waals surface area (Å²) in [6, 6.07) is 12.8. The smallest absolute Gasteiger partial charge is 0.374 e. The summed E-state index contributed by atoms with van der Waals surface area (Å²) in [6.45, 7) is 0. The van der Waals surface area contributed by atoms with Gasteiger partial charge in [0.2, 0.25) is 5.82 Å². The molecule has 0 saturated carbocycles. The molecule has 0 fully saturated rings. The Morgan fingerprint density at radius 2 is 1.79 bits per heavy atom. The van der Waals surface area contributed by atoms with E-state index in [0.29, 0.717) is 11.5 Å². The van der Waals surface area contributed by atoms with Gasteiger partial charge in [-0.1, -0.05) is 23.7 Å². The Kier molecular flexibility index (Phi) is 6.05. The quantitative estimate of drug-likeness (QED) is 0.442. The molecule has 0 atom stereocenters. The lowest BCUT2D eigenvalue weighted by atomic mass is 10.2. The van der Waals surface area contributed by atoms with E-state index in [1.807, 2.05) is 0 Å². The van der Waals surface area contributed by atoms with Gasteiger partial charge in [-0.25, -0.2) is 4.98 Å². The number of anilines is 1. The van der Waals surface area contributed by atoms with Crippen molar-refractivity contribution in [3.05, 3.63) is 75.6 Å². The average molecular weight is 416 g/mol. The third kappa shape index (κ3) is 4.68. The number of aromatic nitrogens is 2. The number of carbonyl (C=O) groups is 1. The molecule has 2 N–H and O–H groups in total. The minimum absolute atomic E-state index is 0.188. The molecule has 0 spiro atoms. The third-order valence-corrected chi connectivity index (χ3v) is 3.99. The van der Waals surface area contributed by atoms with Gasteiger partial charge in [0.15, 0.2) is 0 Å². The third-order valence-electron chi connectivity index (χ3n) is 3.66. The van der Waals surface area contributed by atoms with Crippen molar-refractivity contribution in [2.45, 2.75) is 0 Å². The van der Waals surface area contributed by atoms with Gasteiger partial charge in [0.1, 0.15) is 17.8 Å². The number of hydrazine groups is 1. The number of rotatable bonds is 7. The van der Waals surface area contributed by atoms with Gasteiger partial charge in [-0.3, -0.25) is 25.8 Å². The van der Waals surface area contributed by atoms with Crippen molar-refractivity contribution in [3.8, 4) is 17.4 Å². The first kappa shape index (κ1) is 19.8. The zero-order valence-corrected chi connectivity index (χ0v) is 15.7. The van der Waals surface area contributed by atoms with Gasteiger partial charge in [0, 0.05) is 0 Å². The number of halogens is 1. The Balaban J connectivity index is 1.82. The van der Waals surface area contributed by atoms with Crippen LogP contribution in [-0.2, 0) is 0 Å². The largest absolute Gasteiger partial charge is 0.497 e. The van der Waals surface area contributed by atoms with Crippen LogP contribution in [0.4, 0.5) is 11.5 Å². The van der Waals surface area contributed by atoms with Crippen molar-refractivity contribution in [2.75, 3.05) is 12.5 Å². The van der Waals surface area contributed by atoms with Crippen molar-refractivity contribution < 1.29 is 19.2 Å². The monoisotopic (exact) mass is 415 g/mol. The molecule has 1 amide bonds. The number of nitrogens with one attached hydrogen (secondary N) is 2. The van der Waals surface area contributed by atoms with Gasteiger partial charge in [-0.2, -0.15) is 4.98 Å². The number of methoxy groups -OCH3 is 1. The maximum Gasteiger partial charge on any atom is 0.374 e. The molecule has 11 heteroatoms. The molecule has 0 aliphatic carbocycles. The number of carbonyl (C=O) groups excluding carboxylic acids is 1. The molecule has 0 saturated heterocycles. The number of ether oxygens (including phenoxy) is 2. The van der Waals surface area contributed by atoms with E-state index in [1.165, 1.54) is 13.2 Å². The lowest BCUT2D eigenvalue weighted by Crippen LogP contribution is -2.30. The zero-order chi connectivity index (χ0) is 20.8. The summed E-state index contributed by atoms with van der Waals surface area (Å²) in [6.07, 6.45) is 1.07. The predicted octanol–water partition coefficient (Wildman–Crippen LogP) is 3.60. The molecule has 3 aromatic rings. The lowest BCUT2D eigenvalue weighted by Gasteiger charge is -2.11. The van der Waals surface area contributed by atoms with Crippen LogP contribution in [0, 0.1) is 10.1 Å². The van der Waals surface area contributed by atoms with Gasteiger partial charge in [-0.15, -0.1) is 0 Å². The molecule has 0 bridgehead atoms. The molecule has 0 unspecified atom stereocenters. The van der Waals surface area contributed by atoms with Crippen molar-refractivity contribution in [1.29, 1.82) is 0 Å². The molecular formula is C18H14ClN5O5. The standard InChI is InChI=1S/C18H14ClN5O5/c1-28-11-6-8-12(9-7-11)29-18-15(24(26)27)16(20-10-21-18)22-23-17(25)13-4-2-3-5-14(13)19/h2-10H,1H3,(H,23,25)(H,20,21,22). The van der Waals surface area contributed by atoms with Gasteiger partial charge in [-0.05, 0) is 36.4 Å². The van der Waals surface area contributed by atoms with E-state index in [2.05, 4.69) is 20.8 Å². The van der Waals surface area contributed by atoms with Crippen LogP contribution in [-0.4, -0.2) is 27.9 Å². The molecule has 3 rings (SSSR count). The number of hydrogen-bond donors (Lipinski definition) is 2. The van der Waals surface area contributed by atoms with Crippen LogP contribution < -0.4 is 20.3 Å². The summed E-state index contributed by atoms with van der Waals surface area (Å²) < 4.78 is 10.6. The predicted molar refractivity (Wildman–Crippen MR) is 104 cm³/mol. The van der Waals surface area contributed by atoms with E-state index < -0.39 is 16.5 Å². The summed E-state index contributed by atoms with van der Waals surface area (Å²) in [5.41, 5.74) is 4.37. The number of amides is 1. The minimum atomic E-state index is -0.719. The van der Waals surface area contributed by atoms with E-state index in [0.717, 1.165) is 6.33 Å². The Morgan fingerprint density at radius 3 is 2.45 bits per heavy atom. The lowest BCUT2D eigenvalue weighted by molar-refractivity contribution is -0.385. The Hall–Kier alpha value is -3.92. The van der Waals surface area contributed by atoms with Crippen LogP contribution in [0.1, 0.15) is 10.4 Å². The molecular weight excluding hydrogens is 402 g/mol. The summed E-state index contributed by atoms with van der Waals surface area (Å²) >= 11 is 5.97. The van der Waals surface area contributed by atoms with Gasteiger partial charge >= 0.3 is 11.6 Å². The summed E-state index contributed by atoms with van der Waals surface area (Å²) in [4.78, 5) is 30.7. The highest BCUT2D eigenvalue weighted by Gasteiger charge is 2.25. The van der Waals surface area contributed by atoms with E-state index in [4.69, 9.17) is 21.1 Å². The van der Waals surface area contributed by atoms with Crippen LogP contribution in [0.15, 0.2) is 54.9 Å². The van der Waals surface area contributed by atoms with Crippen molar-refractivity contribution in [1.82, 2.24) is 15.4 Å². The number of nitrogens with zero attached hydrogens (tertiary/aromatic N) is 3. The molecule has 148 valence electrons. The molecule has 29 heavy (non-hydrogen) atoms. The molecule has 0 aliphatic rings. The fraction of sp³-hybridized carbons (Fsp3) is 0.0556. The molecule has 2 aromatic carbocycles. The van der Waals surface area contributed by atoms with Gasteiger partial charge < -0.3 is 9.47 Å². The summed E-state index contributed by atoms with van der Waals surface area (Å²) in [5, 5.41) is 11.8. The first-order valence-electron chi connectivity index (χ1n) is 8.11. The molecule has 0 aliphatic heterocycles. The Morgan fingerprint density at radius 1 is 1.10 bits per heavy atom. The van der Waals surface area contributed by atoms with Crippen LogP contribution in [0.3, 0.4) is 0 Å². The van der Waals surface area contributed by atoms with E-state index in [9.17, 15) is 14.9 Å². The van der Waals surface area contributed by atoms with E-state index in [-0.39, 0.29) is 22.3 Å². The van der Waals surface area contributed by atoms with Crippen LogP contribution >= 0.6 is 11.6 Å². The molecule has 1 heterocycles. The highest BCUT2D eigenvalue weighted by molar-refractivity contribution is 6.33. The van der Waals surface area contributed by atoms with Crippen molar-refractivity contribution in [3.63, 3.8) is 0 Å². The summed E-state index contributed by atoms with van der Waals surface area (Å²) in [7, 11) is 1.51. The first-order chi connectivity index (χ1) is 14.0. The SMILES string of the molecule is COc1ccc(Oc2ncnc(NNC(=O)c3ccccc3Cl)c2[N+](=O)[O-])cc1. The van der Waals surface area contributed by atoms with E-state index in [1.54, 1.807) is 42.5 Å². The van der Waals surface area contributed by atoms with Crippen LogP contribution in [0.2, 0.25) is 5.02 Å². The van der Waals surface area contributed by atoms with E-state index >= 15 is 0 Å². The van der Waals surface area contributed by atoms with Crippen LogP contribution in [0.5, 0.6) is 17.4 Å². The number of hydrogen-bond acceptors (Lipinski definition) is 8. The molecule has 0 radical (unpaired) electrons. The van der Waals surface area contributed by atoms with Crippen molar-refractivity contribution >= 4 is 29.0 Å². The normalized spacial score (nSPS) is 10.1. The molecule has 10 nitrogen and oxygen atoms in total. The average Bonchev–Trinajstić information content (AvgIpc) is 2.72. The van der Waals surface area contributed by atoms with Gasteiger partial charge in [0.25, 0.3) is 5.91 Å². The zero-order valence-electron chi connectivity index (χ0n) is 15.0. The highest BCUT2D eigenvalue weighted by Crippen LogP contribution is 2.34. The number of nitro groups is 1. The summed E-state index contributed by atoms with van der Waals surface area (Å²) in [5.74, 6) is -0.252. The maximum absolute atomic E-state index is 12.2. The minimum Gasteiger partial charge on any atom is -0.497 e. The van der Waals surface area contributed by atoms with Crippen LogP contribution in [0.25, 0.3) is 0 Å². The Bertz CT molecular complexity index is 1050. The Labute approximate surface area is 169 Å². The van der Waals surface area contributed by atoms with Crippen molar-refractivity contribution in [2.24, 2.45) is 0 Å². The second-order valence-electron chi connectivity index (χ2n) is 5.47. The molecule has 1 aromatic heterocycles. The maximum atomic E-state index is 12.2. The fourth-order valence-corrected chi connectivity index (χ4v) is 2.50. The topological polar surface area (TPSA) is 129 Å². The second-order valence-corrected chi connectivity index (χ2v) is 5.88. The fourth-order valence-electron chi connectivity index (χ4n) is 2.28. The number of benzene rings is 2.